The first kappa shape index (κ1) is 15.2. The summed E-state index contributed by atoms with van der Waals surface area (Å²) in [6.45, 7) is 2.26. The first-order chi connectivity index (χ1) is 9.40. The van der Waals surface area contributed by atoms with Crippen LogP contribution in [0.25, 0.3) is 0 Å². The lowest BCUT2D eigenvalue weighted by atomic mass is 10.1. The standard InChI is InChI=1S/C13H19FN2O3S/c1-9-12(14)6-10(15)7-13(9)20(17,18)16-8-11-4-2-3-5-19-11/h6-7,11,16H,2-5,8,15H2,1H3. The second-order valence-corrected chi connectivity index (χ2v) is 6.70. The van der Waals surface area contributed by atoms with Crippen LogP contribution >= 0.6 is 0 Å². The molecule has 5 nitrogen and oxygen atoms in total. The molecular formula is C13H19FN2O3S. The number of hydrogen-bond donors (Lipinski definition) is 2. The zero-order valence-electron chi connectivity index (χ0n) is 11.4. The fourth-order valence-electron chi connectivity index (χ4n) is 2.20. The molecule has 0 bridgehead atoms. The third kappa shape index (κ3) is 3.47. The first-order valence-corrected chi connectivity index (χ1v) is 8.05. The van der Waals surface area contributed by atoms with Crippen LogP contribution in [-0.4, -0.2) is 27.7 Å². The van der Waals surface area contributed by atoms with E-state index in [-0.39, 0.29) is 28.8 Å². The Morgan fingerprint density at radius 1 is 1.45 bits per heavy atom. The third-order valence-electron chi connectivity index (χ3n) is 3.38. The fraction of sp³-hybridized carbons (Fsp3) is 0.538. The van der Waals surface area contributed by atoms with Crippen LogP contribution in [0.3, 0.4) is 0 Å². The molecule has 0 amide bonds. The lowest BCUT2D eigenvalue weighted by molar-refractivity contribution is 0.0200. The minimum Gasteiger partial charge on any atom is -0.399 e. The van der Waals surface area contributed by atoms with Gasteiger partial charge in [0.25, 0.3) is 0 Å². The number of halogens is 1. The van der Waals surface area contributed by atoms with Crippen molar-refractivity contribution in [3.05, 3.63) is 23.5 Å². The molecule has 112 valence electrons. The molecule has 1 aromatic carbocycles. The number of ether oxygens (including phenoxy) is 1. The van der Waals surface area contributed by atoms with Crippen LogP contribution < -0.4 is 10.5 Å². The van der Waals surface area contributed by atoms with Gasteiger partial charge < -0.3 is 10.5 Å². The maximum absolute atomic E-state index is 13.6. The highest BCUT2D eigenvalue weighted by Gasteiger charge is 2.22. The van der Waals surface area contributed by atoms with E-state index in [1.54, 1.807) is 0 Å². The third-order valence-corrected chi connectivity index (χ3v) is 4.93. The van der Waals surface area contributed by atoms with Gasteiger partial charge in [-0.1, -0.05) is 0 Å². The Bertz CT molecular complexity index is 584. The van der Waals surface area contributed by atoms with Crippen LogP contribution in [0.2, 0.25) is 0 Å². The van der Waals surface area contributed by atoms with E-state index in [4.69, 9.17) is 10.5 Å². The number of hydrogen-bond acceptors (Lipinski definition) is 4. The van der Waals surface area contributed by atoms with Crippen molar-refractivity contribution in [3.8, 4) is 0 Å². The van der Waals surface area contributed by atoms with Crippen molar-refractivity contribution in [1.82, 2.24) is 4.72 Å². The minimum absolute atomic E-state index is 0.0660. The topological polar surface area (TPSA) is 81.4 Å². The predicted octanol–water partition coefficient (Wildman–Crippen LogP) is 1.56. The number of benzene rings is 1. The summed E-state index contributed by atoms with van der Waals surface area (Å²) in [5, 5.41) is 0. The van der Waals surface area contributed by atoms with Gasteiger partial charge >= 0.3 is 0 Å². The fourth-order valence-corrected chi connectivity index (χ4v) is 3.55. The van der Waals surface area contributed by atoms with Gasteiger partial charge in [0.05, 0.1) is 11.0 Å². The summed E-state index contributed by atoms with van der Waals surface area (Å²) in [5.74, 6) is -0.626. The molecular weight excluding hydrogens is 283 g/mol. The Morgan fingerprint density at radius 2 is 2.20 bits per heavy atom. The van der Waals surface area contributed by atoms with E-state index in [9.17, 15) is 12.8 Å². The minimum atomic E-state index is -3.79. The van der Waals surface area contributed by atoms with Gasteiger partial charge in [-0.3, -0.25) is 0 Å². The van der Waals surface area contributed by atoms with Crippen molar-refractivity contribution in [2.24, 2.45) is 0 Å². The summed E-state index contributed by atoms with van der Waals surface area (Å²) in [4.78, 5) is -0.120. The van der Waals surface area contributed by atoms with Crippen molar-refractivity contribution in [3.63, 3.8) is 0 Å². The first-order valence-electron chi connectivity index (χ1n) is 6.57. The van der Waals surface area contributed by atoms with Gasteiger partial charge in [-0.25, -0.2) is 17.5 Å². The summed E-state index contributed by atoms with van der Waals surface area (Å²) in [6, 6.07) is 2.38. The lowest BCUT2D eigenvalue weighted by Gasteiger charge is -2.23. The van der Waals surface area contributed by atoms with Crippen LogP contribution in [0.15, 0.2) is 17.0 Å². The van der Waals surface area contributed by atoms with E-state index in [1.165, 1.54) is 13.0 Å². The number of nitrogen functional groups attached to an aromatic ring is 1. The van der Waals surface area contributed by atoms with E-state index in [1.807, 2.05) is 0 Å². The molecule has 1 unspecified atom stereocenters. The van der Waals surface area contributed by atoms with Crippen molar-refractivity contribution in [1.29, 1.82) is 0 Å². The van der Waals surface area contributed by atoms with E-state index < -0.39 is 15.8 Å². The molecule has 7 heteroatoms. The normalized spacial score (nSPS) is 20.0. The Hall–Kier alpha value is -1.18. The van der Waals surface area contributed by atoms with Crippen molar-refractivity contribution in [2.45, 2.75) is 37.2 Å². The Labute approximate surface area is 118 Å². The van der Waals surface area contributed by atoms with Crippen LogP contribution in [0.5, 0.6) is 0 Å². The SMILES string of the molecule is Cc1c(F)cc(N)cc1S(=O)(=O)NCC1CCCCO1. The zero-order valence-corrected chi connectivity index (χ0v) is 12.2. The molecule has 1 aliphatic rings. The number of nitrogens with two attached hydrogens (primary N) is 1. The molecule has 1 atom stereocenters. The van der Waals surface area contributed by atoms with Crippen LogP contribution in [0.4, 0.5) is 10.1 Å². The summed E-state index contributed by atoms with van der Waals surface area (Å²) in [5.41, 5.74) is 5.66. The molecule has 0 spiro atoms. The average Bonchev–Trinajstić information content (AvgIpc) is 2.42. The zero-order chi connectivity index (χ0) is 14.8. The van der Waals surface area contributed by atoms with Gasteiger partial charge in [0, 0.05) is 24.4 Å². The smallest absolute Gasteiger partial charge is 0.241 e. The largest absolute Gasteiger partial charge is 0.399 e. The number of rotatable bonds is 4. The molecule has 2 rings (SSSR count). The molecule has 3 N–H and O–H groups in total. The second-order valence-electron chi connectivity index (χ2n) is 4.97. The van der Waals surface area contributed by atoms with Crippen LogP contribution in [0, 0.1) is 12.7 Å². The Morgan fingerprint density at radius 3 is 2.85 bits per heavy atom. The van der Waals surface area contributed by atoms with Gasteiger partial charge in [-0.2, -0.15) is 0 Å². The molecule has 0 saturated carbocycles. The predicted molar refractivity (Wildman–Crippen MR) is 74.3 cm³/mol. The summed E-state index contributed by atoms with van der Waals surface area (Å²) in [6.07, 6.45) is 2.73. The molecule has 0 aromatic heterocycles. The summed E-state index contributed by atoms with van der Waals surface area (Å²) < 4.78 is 45.9. The maximum Gasteiger partial charge on any atom is 0.241 e. The quantitative estimate of drug-likeness (QED) is 0.827. The molecule has 20 heavy (non-hydrogen) atoms. The van der Waals surface area contributed by atoms with E-state index in [2.05, 4.69) is 4.72 Å². The number of sulfonamides is 1. The molecule has 0 aliphatic carbocycles. The van der Waals surface area contributed by atoms with Crippen molar-refractivity contribution < 1.29 is 17.5 Å². The molecule has 1 saturated heterocycles. The summed E-state index contributed by atoms with van der Waals surface area (Å²) in [7, 11) is -3.79. The van der Waals surface area contributed by atoms with Crippen LogP contribution in [0.1, 0.15) is 24.8 Å². The Balaban J connectivity index is 2.14. The van der Waals surface area contributed by atoms with Gasteiger partial charge in [0.15, 0.2) is 0 Å². The summed E-state index contributed by atoms with van der Waals surface area (Å²) >= 11 is 0. The maximum atomic E-state index is 13.6. The molecule has 1 aliphatic heterocycles. The molecule has 1 fully saturated rings. The molecule has 1 aromatic rings. The highest BCUT2D eigenvalue weighted by molar-refractivity contribution is 7.89. The molecule has 1 heterocycles. The van der Waals surface area contributed by atoms with E-state index >= 15 is 0 Å². The number of anilines is 1. The average molecular weight is 302 g/mol. The van der Waals surface area contributed by atoms with E-state index in [0.717, 1.165) is 25.3 Å². The van der Waals surface area contributed by atoms with Gasteiger partial charge in [0.1, 0.15) is 5.82 Å². The van der Waals surface area contributed by atoms with Gasteiger partial charge in [0.2, 0.25) is 10.0 Å². The van der Waals surface area contributed by atoms with Crippen molar-refractivity contribution >= 4 is 15.7 Å². The van der Waals surface area contributed by atoms with Gasteiger partial charge in [-0.05, 0) is 38.3 Å². The van der Waals surface area contributed by atoms with E-state index in [0.29, 0.717) is 6.61 Å². The second kappa shape index (κ2) is 6.07. The van der Waals surface area contributed by atoms with Gasteiger partial charge in [-0.15, -0.1) is 0 Å². The number of nitrogens with one attached hydrogen (secondary N) is 1. The highest BCUT2D eigenvalue weighted by Crippen LogP contribution is 2.22. The monoisotopic (exact) mass is 302 g/mol. The highest BCUT2D eigenvalue weighted by atomic mass is 32.2. The van der Waals surface area contributed by atoms with Crippen molar-refractivity contribution in [2.75, 3.05) is 18.9 Å². The lowest BCUT2D eigenvalue weighted by Crippen LogP contribution is -2.35. The Kier molecular flexibility index (Phi) is 4.62. The molecule has 0 radical (unpaired) electrons. The van der Waals surface area contributed by atoms with Crippen LogP contribution in [-0.2, 0) is 14.8 Å².